The van der Waals surface area contributed by atoms with Crippen molar-refractivity contribution in [2.45, 2.75) is 13.3 Å². The van der Waals surface area contributed by atoms with E-state index in [1.165, 1.54) is 0 Å². The van der Waals surface area contributed by atoms with Crippen molar-refractivity contribution in [3.63, 3.8) is 0 Å². The number of methoxy groups -OCH3 is 2. The standard InChI is InChI=1S/C14H15ClN2O2/c1-4-9-8-12(15)17-14(16-9)10-6-5-7-11(18-2)13(10)19-3/h5-8H,4H2,1-3H3. The quantitative estimate of drug-likeness (QED) is 0.804. The second-order valence-corrected chi connectivity index (χ2v) is 4.29. The fraction of sp³-hybridized carbons (Fsp3) is 0.286. The summed E-state index contributed by atoms with van der Waals surface area (Å²) >= 11 is 6.02. The summed E-state index contributed by atoms with van der Waals surface area (Å²) in [6, 6.07) is 7.34. The van der Waals surface area contributed by atoms with E-state index in [1.807, 2.05) is 25.1 Å². The highest BCUT2D eigenvalue weighted by molar-refractivity contribution is 6.29. The van der Waals surface area contributed by atoms with Gasteiger partial charge in [-0.3, -0.25) is 0 Å². The van der Waals surface area contributed by atoms with Crippen LogP contribution in [0.25, 0.3) is 11.4 Å². The fourth-order valence-corrected chi connectivity index (χ4v) is 2.04. The summed E-state index contributed by atoms with van der Waals surface area (Å²) in [5, 5.41) is 0.423. The predicted octanol–water partition coefficient (Wildman–Crippen LogP) is 3.38. The second kappa shape index (κ2) is 5.89. The van der Waals surface area contributed by atoms with Crippen LogP contribution in [-0.2, 0) is 6.42 Å². The van der Waals surface area contributed by atoms with Crippen molar-refractivity contribution >= 4 is 11.6 Å². The van der Waals surface area contributed by atoms with Crippen molar-refractivity contribution in [1.29, 1.82) is 0 Å². The molecule has 2 rings (SSSR count). The van der Waals surface area contributed by atoms with Gasteiger partial charge in [-0.1, -0.05) is 24.6 Å². The van der Waals surface area contributed by atoms with E-state index in [0.29, 0.717) is 22.5 Å². The lowest BCUT2D eigenvalue weighted by Gasteiger charge is -2.12. The van der Waals surface area contributed by atoms with Crippen molar-refractivity contribution in [2.24, 2.45) is 0 Å². The molecule has 0 aliphatic heterocycles. The molecule has 0 radical (unpaired) electrons. The zero-order chi connectivity index (χ0) is 13.8. The third-order valence-electron chi connectivity index (χ3n) is 2.75. The smallest absolute Gasteiger partial charge is 0.171 e. The van der Waals surface area contributed by atoms with Crippen LogP contribution in [0, 0.1) is 0 Å². The molecule has 1 aromatic heterocycles. The molecule has 1 heterocycles. The van der Waals surface area contributed by atoms with Crippen LogP contribution in [0.4, 0.5) is 0 Å². The summed E-state index contributed by atoms with van der Waals surface area (Å²) in [6.45, 7) is 2.02. The third kappa shape index (κ3) is 2.79. The first-order valence-electron chi connectivity index (χ1n) is 5.94. The van der Waals surface area contributed by atoms with Gasteiger partial charge in [0.15, 0.2) is 17.3 Å². The Kier molecular flexibility index (Phi) is 4.22. The zero-order valence-corrected chi connectivity index (χ0v) is 11.9. The molecule has 0 saturated heterocycles. The average molecular weight is 279 g/mol. The minimum Gasteiger partial charge on any atom is -0.493 e. The second-order valence-electron chi connectivity index (χ2n) is 3.90. The van der Waals surface area contributed by atoms with Crippen LogP contribution < -0.4 is 9.47 Å². The van der Waals surface area contributed by atoms with Gasteiger partial charge in [-0.2, -0.15) is 0 Å². The highest BCUT2D eigenvalue weighted by Gasteiger charge is 2.14. The Hall–Kier alpha value is -1.81. The van der Waals surface area contributed by atoms with Gasteiger partial charge >= 0.3 is 0 Å². The summed E-state index contributed by atoms with van der Waals surface area (Å²) in [7, 11) is 3.19. The molecular formula is C14H15ClN2O2. The van der Waals surface area contributed by atoms with Gasteiger partial charge in [-0.15, -0.1) is 0 Å². The minimum atomic E-state index is 0.423. The average Bonchev–Trinajstić information content (AvgIpc) is 2.45. The maximum absolute atomic E-state index is 6.02. The van der Waals surface area contributed by atoms with Crippen LogP contribution >= 0.6 is 11.6 Å². The van der Waals surface area contributed by atoms with Crippen molar-refractivity contribution in [1.82, 2.24) is 9.97 Å². The molecule has 19 heavy (non-hydrogen) atoms. The van der Waals surface area contributed by atoms with Crippen molar-refractivity contribution < 1.29 is 9.47 Å². The molecule has 0 aliphatic rings. The Morgan fingerprint density at radius 3 is 2.58 bits per heavy atom. The van der Waals surface area contributed by atoms with Crippen molar-refractivity contribution in [3.8, 4) is 22.9 Å². The maximum Gasteiger partial charge on any atom is 0.171 e. The molecule has 4 nitrogen and oxygen atoms in total. The van der Waals surface area contributed by atoms with E-state index < -0.39 is 0 Å². The lowest BCUT2D eigenvalue weighted by molar-refractivity contribution is 0.356. The number of rotatable bonds is 4. The first-order chi connectivity index (χ1) is 9.19. The molecule has 100 valence electrons. The fourth-order valence-electron chi connectivity index (χ4n) is 1.83. The minimum absolute atomic E-state index is 0.423. The Bertz CT molecular complexity index is 588. The molecule has 0 saturated carbocycles. The maximum atomic E-state index is 6.02. The van der Waals surface area contributed by atoms with E-state index in [-0.39, 0.29) is 0 Å². The van der Waals surface area contributed by atoms with E-state index in [4.69, 9.17) is 21.1 Å². The van der Waals surface area contributed by atoms with Crippen molar-refractivity contribution in [3.05, 3.63) is 35.1 Å². The van der Waals surface area contributed by atoms with Gasteiger partial charge in [-0.25, -0.2) is 9.97 Å². The van der Waals surface area contributed by atoms with Crippen LogP contribution in [0.3, 0.4) is 0 Å². The first kappa shape index (κ1) is 13.6. The van der Waals surface area contributed by atoms with Gasteiger partial charge in [0.1, 0.15) is 5.15 Å². The van der Waals surface area contributed by atoms with E-state index in [0.717, 1.165) is 17.7 Å². The molecular weight excluding hydrogens is 264 g/mol. The van der Waals surface area contributed by atoms with Crippen molar-refractivity contribution in [2.75, 3.05) is 14.2 Å². The number of hydrogen-bond donors (Lipinski definition) is 0. The molecule has 0 bridgehead atoms. The topological polar surface area (TPSA) is 44.2 Å². The van der Waals surface area contributed by atoms with Gasteiger partial charge < -0.3 is 9.47 Å². The third-order valence-corrected chi connectivity index (χ3v) is 2.95. The summed E-state index contributed by atoms with van der Waals surface area (Å²) in [5.41, 5.74) is 1.65. The Labute approximate surface area is 117 Å². The largest absolute Gasteiger partial charge is 0.493 e. The molecule has 0 amide bonds. The summed E-state index contributed by atoms with van der Waals surface area (Å²) in [4.78, 5) is 8.73. The van der Waals surface area contributed by atoms with Crippen LogP contribution in [0.1, 0.15) is 12.6 Å². The molecule has 0 spiro atoms. The van der Waals surface area contributed by atoms with Crippen LogP contribution in [0.5, 0.6) is 11.5 Å². The number of para-hydroxylation sites is 1. The molecule has 0 N–H and O–H groups in total. The lowest BCUT2D eigenvalue weighted by atomic mass is 10.1. The molecule has 0 unspecified atom stereocenters. The van der Waals surface area contributed by atoms with E-state index in [1.54, 1.807) is 20.3 Å². The predicted molar refractivity (Wildman–Crippen MR) is 75.0 cm³/mol. The molecule has 2 aromatic rings. The zero-order valence-electron chi connectivity index (χ0n) is 11.1. The number of benzene rings is 1. The molecule has 0 fully saturated rings. The Morgan fingerprint density at radius 1 is 1.16 bits per heavy atom. The number of hydrogen-bond acceptors (Lipinski definition) is 4. The highest BCUT2D eigenvalue weighted by atomic mass is 35.5. The van der Waals surface area contributed by atoms with Crippen LogP contribution in [0.2, 0.25) is 5.15 Å². The monoisotopic (exact) mass is 278 g/mol. The molecule has 1 aromatic carbocycles. The Morgan fingerprint density at radius 2 is 1.95 bits per heavy atom. The summed E-state index contributed by atoms with van der Waals surface area (Å²) < 4.78 is 10.7. The number of aryl methyl sites for hydroxylation is 1. The van der Waals surface area contributed by atoms with Crippen LogP contribution in [-0.4, -0.2) is 24.2 Å². The van der Waals surface area contributed by atoms with E-state index in [2.05, 4.69) is 9.97 Å². The highest BCUT2D eigenvalue weighted by Crippen LogP contribution is 2.36. The lowest BCUT2D eigenvalue weighted by Crippen LogP contribution is -1.98. The Balaban J connectivity index is 2.61. The summed E-state index contributed by atoms with van der Waals surface area (Å²) in [6.07, 6.45) is 0.793. The van der Waals surface area contributed by atoms with E-state index >= 15 is 0 Å². The first-order valence-corrected chi connectivity index (χ1v) is 6.32. The number of halogens is 1. The SMILES string of the molecule is CCc1cc(Cl)nc(-c2cccc(OC)c2OC)n1. The molecule has 0 aliphatic carbocycles. The van der Waals surface area contributed by atoms with Gasteiger partial charge in [0.05, 0.1) is 19.8 Å². The van der Waals surface area contributed by atoms with Gasteiger partial charge in [-0.05, 0) is 24.6 Å². The van der Waals surface area contributed by atoms with Crippen LogP contribution in [0.15, 0.2) is 24.3 Å². The number of nitrogens with zero attached hydrogens (tertiary/aromatic N) is 2. The molecule has 5 heteroatoms. The number of ether oxygens (including phenoxy) is 2. The van der Waals surface area contributed by atoms with E-state index in [9.17, 15) is 0 Å². The van der Waals surface area contributed by atoms with Gasteiger partial charge in [0.25, 0.3) is 0 Å². The molecule has 0 atom stereocenters. The normalized spacial score (nSPS) is 10.3. The van der Waals surface area contributed by atoms with Gasteiger partial charge in [0.2, 0.25) is 0 Å². The van der Waals surface area contributed by atoms with Gasteiger partial charge in [0, 0.05) is 5.69 Å². The summed E-state index contributed by atoms with van der Waals surface area (Å²) in [5.74, 6) is 1.79. The number of aromatic nitrogens is 2.